The molecule has 0 saturated carbocycles. The molecule has 0 unspecified atom stereocenters. The van der Waals surface area contributed by atoms with Crippen molar-refractivity contribution in [3.8, 4) is 0 Å². The predicted molar refractivity (Wildman–Crippen MR) is 137 cm³/mol. The maximum absolute atomic E-state index is 14.0. The van der Waals surface area contributed by atoms with Gasteiger partial charge in [0.25, 0.3) is 5.91 Å². The van der Waals surface area contributed by atoms with E-state index in [9.17, 15) is 14.4 Å². The van der Waals surface area contributed by atoms with Crippen LogP contribution in [-0.4, -0.2) is 23.5 Å². The van der Waals surface area contributed by atoms with Crippen molar-refractivity contribution in [2.75, 3.05) is 4.90 Å². The van der Waals surface area contributed by atoms with Gasteiger partial charge in [0.2, 0.25) is 0 Å². The first kappa shape index (κ1) is 22.8. The van der Waals surface area contributed by atoms with Gasteiger partial charge < -0.3 is 0 Å². The molecular weight excluding hydrogens is 458 g/mol. The Morgan fingerprint density at radius 1 is 0.714 bits per heavy atom. The minimum absolute atomic E-state index is 0.0680. The van der Waals surface area contributed by atoms with Gasteiger partial charge >= 0.3 is 0 Å². The summed E-state index contributed by atoms with van der Waals surface area (Å²) < 4.78 is 0. The number of fused-ring (bicyclic) bond motifs is 1. The van der Waals surface area contributed by atoms with Crippen molar-refractivity contribution >= 4 is 34.8 Å². The second-order valence-electron chi connectivity index (χ2n) is 8.51. The van der Waals surface area contributed by atoms with Crippen LogP contribution in [0.4, 0.5) is 5.69 Å². The Morgan fingerprint density at radius 2 is 1.31 bits per heavy atom. The number of hydrogen-bond donors (Lipinski definition) is 0. The third-order valence-corrected chi connectivity index (χ3v) is 6.65. The second kappa shape index (κ2) is 9.69. The Morgan fingerprint density at radius 3 is 2.00 bits per heavy atom. The molecule has 0 bridgehead atoms. The van der Waals surface area contributed by atoms with Crippen LogP contribution in [0.25, 0.3) is 0 Å². The van der Waals surface area contributed by atoms with Gasteiger partial charge in [-0.25, -0.2) is 0 Å². The first-order valence-corrected chi connectivity index (χ1v) is 11.8. The first-order chi connectivity index (χ1) is 17.0. The molecule has 1 aliphatic heterocycles. The van der Waals surface area contributed by atoms with E-state index in [1.807, 2.05) is 48.5 Å². The highest BCUT2D eigenvalue weighted by molar-refractivity contribution is 6.30. The average Bonchev–Trinajstić information content (AvgIpc) is 2.91. The van der Waals surface area contributed by atoms with Crippen molar-refractivity contribution in [3.05, 3.63) is 136 Å². The van der Waals surface area contributed by atoms with E-state index >= 15 is 0 Å². The maximum Gasteiger partial charge on any atom is 0.259 e. The molecule has 1 aliphatic rings. The summed E-state index contributed by atoms with van der Waals surface area (Å²) in [5.74, 6) is -1.10. The van der Waals surface area contributed by atoms with Crippen LogP contribution in [0, 0.1) is 0 Å². The van der Waals surface area contributed by atoms with Gasteiger partial charge in [-0.1, -0.05) is 78.3 Å². The molecule has 4 aromatic carbocycles. The fourth-order valence-corrected chi connectivity index (χ4v) is 4.86. The monoisotopic (exact) mass is 479 g/mol. The minimum Gasteiger partial charge on any atom is -0.297 e. The molecule has 0 saturated heterocycles. The van der Waals surface area contributed by atoms with Crippen LogP contribution in [0.1, 0.15) is 49.0 Å². The van der Waals surface area contributed by atoms with Gasteiger partial charge in [0.1, 0.15) is 6.04 Å². The third kappa shape index (κ3) is 4.41. The Bertz CT molecular complexity index is 1380. The molecule has 35 heavy (non-hydrogen) atoms. The zero-order valence-corrected chi connectivity index (χ0v) is 19.6. The summed E-state index contributed by atoms with van der Waals surface area (Å²) in [6.07, 6.45) is 0.0680. The van der Waals surface area contributed by atoms with Crippen molar-refractivity contribution in [2.24, 2.45) is 0 Å². The van der Waals surface area contributed by atoms with Crippen molar-refractivity contribution in [1.29, 1.82) is 0 Å². The van der Waals surface area contributed by atoms with Gasteiger partial charge in [-0.15, -0.1) is 0 Å². The minimum atomic E-state index is -0.876. The number of amides is 1. The number of hydrogen-bond acceptors (Lipinski definition) is 3. The molecule has 0 fully saturated rings. The van der Waals surface area contributed by atoms with Crippen molar-refractivity contribution in [2.45, 2.75) is 18.4 Å². The van der Waals surface area contributed by atoms with E-state index in [0.717, 1.165) is 0 Å². The fraction of sp³-hybridized carbons (Fsp3) is 0.100. The van der Waals surface area contributed by atoms with Gasteiger partial charge in [-0.05, 0) is 48.0 Å². The van der Waals surface area contributed by atoms with Gasteiger partial charge in [0.15, 0.2) is 11.6 Å². The summed E-state index contributed by atoms with van der Waals surface area (Å²) in [6, 6.07) is 31.2. The van der Waals surface area contributed by atoms with Crippen LogP contribution < -0.4 is 4.90 Å². The van der Waals surface area contributed by atoms with Gasteiger partial charge in [-0.3, -0.25) is 19.3 Å². The average molecular weight is 480 g/mol. The van der Waals surface area contributed by atoms with Crippen LogP contribution in [0.15, 0.2) is 109 Å². The molecule has 4 aromatic rings. The van der Waals surface area contributed by atoms with Crippen LogP contribution in [-0.2, 0) is 0 Å². The number of rotatable bonds is 6. The Balaban J connectivity index is 1.66. The molecule has 0 aromatic heterocycles. The molecule has 1 heterocycles. The van der Waals surface area contributed by atoms with Gasteiger partial charge in [0.05, 0.1) is 0 Å². The van der Waals surface area contributed by atoms with Gasteiger partial charge in [-0.2, -0.15) is 0 Å². The Kier molecular flexibility index (Phi) is 6.30. The number of nitrogens with zero attached hydrogens (tertiary/aromatic N) is 1. The first-order valence-electron chi connectivity index (χ1n) is 11.4. The number of anilines is 1. The Labute approximate surface area is 208 Å². The number of carbonyl (C=O) groups excluding carboxylic acids is 3. The quantitative estimate of drug-likeness (QED) is 0.292. The van der Waals surface area contributed by atoms with E-state index in [-0.39, 0.29) is 23.9 Å². The van der Waals surface area contributed by atoms with Crippen molar-refractivity contribution < 1.29 is 14.4 Å². The van der Waals surface area contributed by atoms with E-state index in [0.29, 0.717) is 33.0 Å². The van der Waals surface area contributed by atoms with Crippen molar-refractivity contribution in [3.63, 3.8) is 0 Å². The predicted octanol–water partition coefficient (Wildman–Crippen LogP) is 6.61. The summed E-state index contributed by atoms with van der Waals surface area (Å²) in [5.41, 5.74) is 2.84. The van der Waals surface area contributed by atoms with Crippen LogP contribution >= 0.6 is 11.6 Å². The van der Waals surface area contributed by atoms with Crippen LogP contribution in [0.5, 0.6) is 0 Å². The van der Waals surface area contributed by atoms with E-state index in [1.165, 1.54) is 0 Å². The largest absolute Gasteiger partial charge is 0.297 e. The number of para-hydroxylation sites is 1. The molecule has 0 spiro atoms. The molecule has 0 aliphatic carbocycles. The lowest BCUT2D eigenvalue weighted by atomic mass is 9.76. The second-order valence-corrected chi connectivity index (χ2v) is 8.95. The summed E-state index contributed by atoms with van der Waals surface area (Å²) in [4.78, 5) is 42.7. The zero-order chi connectivity index (χ0) is 24.4. The molecule has 5 rings (SSSR count). The molecule has 5 heteroatoms. The van der Waals surface area contributed by atoms with Crippen molar-refractivity contribution in [1.82, 2.24) is 0 Å². The Hall–Kier alpha value is -4.02. The smallest absolute Gasteiger partial charge is 0.259 e. The number of Topliss-reactive ketones (excluding diaryl/α,β-unsaturated/α-hetero) is 2. The topological polar surface area (TPSA) is 54.5 Å². The number of carbonyl (C=O) groups is 3. The highest BCUT2D eigenvalue weighted by Crippen LogP contribution is 2.40. The molecular formula is C30H22ClNO3. The van der Waals surface area contributed by atoms with E-state index in [1.54, 1.807) is 65.6 Å². The molecule has 172 valence electrons. The fourth-order valence-electron chi connectivity index (χ4n) is 4.74. The summed E-state index contributed by atoms with van der Waals surface area (Å²) in [6.45, 7) is 0. The van der Waals surface area contributed by atoms with Crippen LogP contribution in [0.3, 0.4) is 0 Å². The van der Waals surface area contributed by atoms with Gasteiger partial charge in [0, 0.05) is 39.7 Å². The summed E-state index contributed by atoms with van der Waals surface area (Å²) in [7, 11) is 0. The van der Waals surface area contributed by atoms with E-state index in [4.69, 9.17) is 11.6 Å². The lowest BCUT2D eigenvalue weighted by molar-refractivity contribution is 0.0850. The van der Waals surface area contributed by atoms with E-state index in [2.05, 4.69) is 0 Å². The SMILES string of the molecule is O=C(C[C@H]1c2ccccc2C(=O)N(c2ccccc2)[C@@H]1C(=O)c1ccccc1)c1ccc(Cl)cc1. The highest BCUT2D eigenvalue weighted by atomic mass is 35.5. The number of benzene rings is 4. The molecule has 0 N–H and O–H groups in total. The van der Waals surface area contributed by atoms with E-state index < -0.39 is 12.0 Å². The molecule has 2 atom stereocenters. The number of halogens is 1. The molecule has 1 amide bonds. The summed E-state index contributed by atoms with van der Waals surface area (Å²) in [5, 5.41) is 0.544. The highest BCUT2D eigenvalue weighted by Gasteiger charge is 2.45. The van der Waals surface area contributed by atoms with Crippen LogP contribution in [0.2, 0.25) is 5.02 Å². The third-order valence-electron chi connectivity index (χ3n) is 6.40. The lowest BCUT2D eigenvalue weighted by Gasteiger charge is -2.41. The number of ketones is 2. The zero-order valence-electron chi connectivity index (χ0n) is 18.8. The maximum atomic E-state index is 14.0. The molecule has 0 radical (unpaired) electrons. The molecule has 4 nitrogen and oxygen atoms in total. The summed E-state index contributed by atoms with van der Waals surface area (Å²) >= 11 is 6.01. The normalized spacial score (nSPS) is 17.1. The standard InChI is InChI=1S/C30H22ClNO3/c31-22-17-15-20(16-18-22)27(33)19-26-24-13-7-8-14-25(24)30(35)32(23-11-5-2-6-12-23)28(26)29(34)21-9-3-1-4-10-21/h1-18,26,28H,19H2/t26-,28-/m0/s1. The lowest BCUT2D eigenvalue weighted by Crippen LogP contribution is -2.53.